The van der Waals surface area contributed by atoms with E-state index in [9.17, 15) is 0 Å². The van der Waals surface area contributed by atoms with Crippen molar-refractivity contribution in [1.82, 2.24) is 5.32 Å². The summed E-state index contributed by atoms with van der Waals surface area (Å²) in [5.74, 6) is 1.30. The summed E-state index contributed by atoms with van der Waals surface area (Å²) in [6.07, 6.45) is 10.9. The Morgan fingerprint density at radius 2 is 2.18 bits per heavy atom. The number of allylic oxidation sites excluding steroid dienone is 3. The van der Waals surface area contributed by atoms with Crippen LogP contribution in [0.3, 0.4) is 0 Å². The zero-order valence-electron chi connectivity index (χ0n) is 12.9. The lowest BCUT2D eigenvalue weighted by atomic mass is 9.93. The van der Waals surface area contributed by atoms with Crippen LogP contribution in [0.15, 0.2) is 48.1 Å². The van der Waals surface area contributed by atoms with Crippen LogP contribution in [0.25, 0.3) is 6.08 Å². The monoisotopic (exact) mass is 411 g/mol. The molecule has 0 saturated carbocycles. The Bertz CT molecular complexity index is 593. The predicted molar refractivity (Wildman–Crippen MR) is 100 cm³/mol. The fourth-order valence-electron chi connectivity index (χ4n) is 2.41. The number of aliphatic hydroxyl groups is 1. The molecular weight excluding hydrogens is 389 g/mol. The average molecular weight is 411 g/mol. The van der Waals surface area contributed by atoms with Gasteiger partial charge in [0.05, 0.1) is 10.2 Å². The van der Waals surface area contributed by atoms with Gasteiger partial charge in [0.1, 0.15) is 12.4 Å². The van der Waals surface area contributed by atoms with E-state index >= 15 is 0 Å². The van der Waals surface area contributed by atoms with Crippen LogP contribution in [0.1, 0.15) is 12.5 Å². The zero-order chi connectivity index (χ0) is 15.9. The van der Waals surface area contributed by atoms with Crippen LogP contribution in [0.5, 0.6) is 5.75 Å². The maximum Gasteiger partial charge on any atom is 0.132 e. The summed E-state index contributed by atoms with van der Waals surface area (Å²) in [5.41, 5.74) is 2.37. The SMILES string of the molecule is CNC1C=CC(/C=C/c2ccc(OCCO)c(I)c2)=C[C@@H]1C. The van der Waals surface area contributed by atoms with Gasteiger partial charge in [0.25, 0.3) is 0 Å². The van der Waals surface area contributed by atoms with E-state index in [0.717, 1.165) is 14.9 Å². The highest BCUT2D eigenvalue weighted by Gasteiger charge is 2.13. The van der Waals surface area contributed by atoms with E-state index in [1.54, 1.807) is 0 Å². The van der Waals surface area contributed by atoms with E-state index in [2.05, 4.69) is 71.3 Å². The van der Waals surface area contributed by atoms with Gasteiger partial charge in [0.2, 0.25) is 0 Å². The van der Waals surface area contributed by atoms with Gasteiger partial charge in [-0.25, -0.2) is 0 Å². The van der Waals surface area contributed by atoms with Crippen molar-refractivity contribution in [1.29, 1.82) is 0 Å². The van der Waals surface area contributed by atoms with Gasteiger partial charge in [0.15, 0.2) is 0 Å². The number of nitrogens with one attached hydrogen (secondary N) is 1. The number of hydrogen-bond donors (Lipinski definition) is 2. The summed E-state index contributed by atoms with van der Waals surface area (Å²) >= 11 is 2.25. The number of halogens is 1. The standard InChI is InChI=1S/C18H22INO2/c1-13-11-14(5-7-17(13)20-2)3-4-15-6-8-18(16(19)12-15)22-10-9-21/h3-8,11-13,17,20-21H,9-10H2,1-2H3/b4-3+/t13-,17?/m0/s1. The van der Waals surface area contributed by atoms with E-state index in [1.165, 1.54) is 5.57 Å². The molecule has 0 saturated heterocycles. The highest BCUT2D eigenvalue weighted by Crippen LogP contribution is 2.24. The van der Waals surface area contributed by atoms with Gasteiger partial charge in [-0.15, -0.1) is 0 Å². The molecule has 0 heterocycles. The molecule has 0 bridgehead atoms. The first-order valence-corrected chi connectivity index (χ1v) is 8.50. The molecule has 4 heteroatoms. The summed E-state index contributed by atoms with van der Waals surface area (Å²) in [7, 11) is 1.99. The molecule has 0 radical (unpaired) electrons. The molecule has 1 aliphatic rings. The van der Waals surface area contributed by atoms with Crippen LogP contribution in [0.2, 0.25) is 0 Å². The Morgan fingerprint density at radius 1 is 1.36 bits per heavy atom. The molecule has 0 fully saturated rings. The normalized spacial score (nSPS) is 21.2. The maximum absolute atomic E-state index is 8.80. The molecule has 2 rings (SSSR count). The van der Waals surface area contributed by atoms with Crippen LogP contribution in [-0.2, 0) is 0 Å². The molecule has 1 aliphatic carbocycles. The summed E-state index contributed by atoms with van der Waals surface area (Å²) in [6.45, 7) is 2.58. The molecule has 0 aliphatic heterocycles. The Hall–Kier alpha value is -1.11. The topological polar surface area (TPSA) is 41.5 Å². The molecule has 2 atom stereocenters. The number of likely N-dealkylation sites (N-methyl/N-ethyl adjacent to an activating group) is 1. The molecule has 0 aromatic heterocycles. The molecular formula is C18H22INO2. The van der Waals surface area contributed by atoms with Crippen LogP contribution < -0.4 is 10.1 Å². The number of ether oxygens (including phenoxy) is 1. The molecule has 1 aromatic carbocycles. The first-order chi connectivity index (χ1) is 10.6. The lowest BCUT2D eigenvalue weighted by molar-refractivity contribution is 0.200. The fraction of sp³-hybridized carbons (Fsp3) is 0.333. The second-order valence-corrected chi connectivity index (χ2v) is 6.46. The van der Waals surface area contributed by atoms with Crippen molar-refractivity contribution < 1.29 is 9.84 Å². The molecule has 3 nitrogen and oxygen atoms in total. The molecule has 22 heavy (non-hydrogen) atoms. The van der Waals surface area contributed by atoms with Crippen molar-refractivity contribution in [3.8, 4) is 5.75 Å². The van der Waals surface area contributed by atoms with Crippen molar-refractivity contribution in [3.63, 3.8) is 0 Å². The second kappa shape index (κ2) is 8.50. The number of rotatable bonds is 6. The number of aliphatic hydroxyl groups excluding tert-OH is 1. The third kappa shape index (κ3) is 4.69. The minimum absolute atomic E-state index is 0.0318. The second-order valence-electron chi connectivity index (χ2n) is 5.29. The van der Waals surface area contributed by atoms with Crippen LogP contribution >= 0.6 is 22.6 Å². The summed E-state index contributed by atoms with van der Waals surface area (Å²) < 4.78 is 6.51. The minimum Gasteiger partial charge on any atom is -0.490 e. The zero-order valence-corrected chi connectivity index (χ0v) is 15.1. The lowest BCUT2D eigenvalue weighted by Crippen LogP contribution is -2.30. The van der Waals surface area contributed by atoms with E-state index in [-0.39, 0.29) is 6.61 Å². The first kappa shape index (κ1) is 17.2. The highest BCUT2D eigenvalue weighted by atomic mass is 127. The summed E-state index contributed by atoms with van der Waals surface area (Å²) in [5, 5.41) is 12.1. The van der Waals surface area contributed by atoms with E-state index < -0.39 is 0 Å². The van der Waals surface area contributed by atoms with Crippen LogP contribution in [0, 0.1) is 9.49 Å². The summed E-state index contributed by atoms with van der Waals surface area (Å²) in [4.78, 5) is 0. The van der Waals surface area contributed by atoms with Crippen molar-refractivity contribution in [2.75, 3.05) is 20.3 Å². The van der Waals surface area contributed by atoms with Gasteiger partial charge in [-0.2, -0.15) is 0 Å². The molecule has 0 spiro atoms. The quantitative estimate of drug-likeness (QED) is 0.706. The molecule has 0 amide bonds. The van der Waals surface area contributed by atoms with Crippen molar-refractivity contribution >= 4 is 28.7 Å². The van der Waals surface area contributed by atoms with Crippen LogP contribution in [-0.4, -0.2) is 31.4 Å². The number of hydrogen-bond acceptors (Lipinski definition) is 3. The van der Waals surface area contributed by atoms with Crippen molar-refractivity contribution in [2.45, 2.75) is 13.0 Å². The lowest BCUT2D eigenvalue weighted by Gasteiger charge is -2.21. The van der Waals surface area contributed by atoms with Crippen LogP contribution in [0.4, 0.5) is 0 Å². The van der Waals surface area contributed by atoms with Crippen molar-refractivity contribution in [2.24, 2.45) is 5.92 Å². The Kier molecular flexibility index (Phi) is 6.67. The Balaban J connectivity index is 2.05. The van der Waals surface area contributed by atoms with Crippen molar-refractivity contribution in [3.05, 3.63) is 57.2 Å². The molecule has 2 N–H and O–H groups in total. The van der Waals surface area contributed by atoms with E-state index in [0.29, 0.717) is 18.6 Å². The van der Waals surface area contributed by atoms with Gasteiger partial charge >= 0.3 is 0 Å². The fourth-order valence-corrected chi connectivity index (χ4v) is 3.10. The highest BCUT2D eigenvalue weighted by molar-refractivity contribution is 14.1. The van der Waals surface area contributed by atoms with E-state index in [4.69, 9.17) is 9.84 Å². The average Bonchev–Trinajstić information content (AvgIpc) is 2.52. The largest absolute Gasteiger partial charge is 0.490 e. The Labute approximate surface area is 145 Å². The van der Waals surface area contributed by atoms with Gasteiger partial charge in [-0.05, 0) is 58.8 Å². The molecule has 1 aromatic rings. The maximum atomic E-state index is 8.80. The van der Waals surface area contributed by atoms with Gasteiger partial charge in [0, 0.05) is 6.04 Å². The summed E-state index contributed by atoms with van der Waals surface area (Å²) in [6, 6.07) is 6.47. The van der Waals surface area contributed by atoms with Gasteiger partial charge in [-0.3, -0.25) is 0 Å². The van der Waals surface area contributed by atoms with E-state index in [1.807, 2.05) is 19.2 Å². The Morgan fingerprint density at radius 3 is 2.82 bits per heavy atom. The predicted octanol–water partition coefficient (Wildman–Crippen LogP) is 3.40. The smallest absolute Gasteiger partial charge is 0.132 e. The third-order valence-corrected chi connectivity index (χ3v) is 4.47. The first-order valence-electron chi connectivity index (χ1n) is 7.42. The number of benzene rings is 1. The molecule has 1 unspecified atom stereocenters. The molecule has 118 valence electrons. The minimum atomic E-state index is 0.0318. The van der Waals surface area contributed by atoms with Gasteiger partial charge < -0.3 is 15.2 Å². The third-order valence-electron chi connectivity index (χ3n) is 3.62. The van der Waals surface area contributed by atoms with Gasteiger partial charge in [-0.1, -0.05) is 43.4 Å².